The van der Waals surface area contributed by atoms with Crippen LogP contribution in [0.25, 0.3) is 0 Å². The molecule has 0 atom stereocenters. The molecule has 0 aliphatic carbocycles. The van der Waals surface area contributed by atoms with Crippen LogP contribution in [0.15, 0.2) is 41.6 Å². The van der Waals surface area contributed by atoms with Gasteiger partial charge in [0.05, 0.1) is 19.3 Å². The Bertz CT molecular complexity index is 684. The molecule has 1 heterocycles. The molecule has 2 rings (SSSR count). The van der Waals surface area contributed by atoms with Gasteiger partial charge in [-0.2, -0.15) is 0 Å². The number of benzene rings is 1. The molecule has 1 aromatic rings. The number of rotatable bonds is 7. The molecule has 1 amide bonds. The third-order valence-corrected chi connectivity index (χ3v) is 4.02. The van der Waals surface area contributed by atoms with Crippen molar-refractivity contribution in [2.24, 2.45) is 0 Å². The van der Waals surface area contributed by atoms with E-state index in [2.05, 4.69) is 15.0 Å². The monoisotopic (exact) mass is 360 g/mol. The first kappa shape index (κ1) is 19.7. The summed E-state index contributed by atoms with van der Waals surface area (Å²) in [6.45, 7) is 3.78. The van der Waals surface area contributed by atoms with Gasteiger partial charge in [0.25, 0.3) is 0 Å². The van der Waals surface area contributed by atoms with Crippen molar-refractivity contribution in [2.75, 3.05) is 26.8 Å². The van der Waals surface area contributed by atoms with Gasteiger partial charge in [-0.25, -0.2) is 4.79 Å². The molecule has 0 radical (unpaired) electrons. The summed E-state index contributed by atoms with van der Waals surface area (Å²) in [5.74, 6) is -1.56. The number of ether oxygens (including phenoxy) is 2. The number of hydrogen-bond donors (Lipinski definition) is 1. The molecule has 0 aromatic heterocycles. The maximum atomic E-state index is 12.2. The van der Waals surface area contributed by atoms with Crippen molar-refractivity contribution in [1.29, 1.82) is 0 Å². The Morgan fingerprint density at radius 3 is 2.58 bits per heavy atom. The number of carbonyl (C=O) groups excluding carboxylic acids is 3. The summed E-state index contributed by atoms with van der Waals surface area (Å²) in [5.41, 5.74) is 2.08. The van der Waals surface area contributed by atoms with Crippen molar-refractivity contribution in [3.8, 4) is 0 Å². The van der Waals surface area contributed by atoms with Crippen LogP contribution in [0.1, 0.15) is 25.3 Å². The third kappa shape index (κ3) is 5.70. The van der Waals surface area contributed by atoms with E-state index < -0.39 is 24.3 Å². The zero-order valence-corrected chi connectivity index (χ0v) is 15.1. The van der Waals surface area contributed by atoms with E-state index in [1.54, 1.807) is 6.92 Å². The van der Waals surface area contributed by atoms with Crippen LogP contribution in [0, 0.1) is 0 Å². The van der Waals surface area contributed by atoms with Gasteiger partial charge in [0.15, 0.2) is 0 Å². The molecule has 7 heteroatoms. The minimum atomic E-state index is -0.627. The van der Waals surface area contributed by atoms with Gasteiger partial charge in [0.1, 0.15) is 6.42 Å². The van der Waals surface area contributed by atoms with Crippen LogP contribution in [0.5, 0.6) is 0 Å². The van der Waals surface area contributed by atoms with Gasteiger partial charge in [0.2, 0.25) is 5.91 Å². The Balaban J connectivity index is 2.12. The van der Waals surface area contributed by atoms with Crippen LogP contribution >= 0.6 is 0 Å². The largest absolute Gasteiger partial charge is 0.469 e. The molecular weight excluding hydrogens is 336 g/mol. The van der Waals surface area contributed by atoms with Crippen LogP contribution in [0.2, 0.25) is 0 Å². The number of nitrogens with zero attached hydrogens (tertiary/aromatic N) is 1. The van der Waals surface area contributed by atoms with Crippen molar-refractivity contribution in [3.05, 3.63) is 47.2 Å². The lowest BCUT2D eigenvalue weighted by molar-refractivity contribution is -0.143. The predicted octanol–water partition coefficient (Wildman–Crippen LogP) is 1.39. The van der Waals surface area contributed by atoms with Gasteiger partial charge in [-0.3, -0.25) is 14.5 Å². The minimum absolute atomic E-state index is 0.263. The van der Waals surface area contributed by atoms with Gasteiger partial charge in [-0.15, -0.1) is 0 Å². The molecule has 0 unspecified atom stereocenters. The van der Waals surface area contributed by atoms with Crippen LogP contribution in [-0.2, 0) is 30.4 Å². The maximum Gasteiger partial charge on any atom is 0.335 e. The highest BCUT2D eigenvalue weighted by molar-refractivity contribution is 5.96. The molecule has 7 nitrogen and oxygen atoms in total. The van der Waals surface area contributed by atoms with Crippen molar-refractivity contribution >= 4 is 17.8 Å². The van der Waals surface area contributed by atoms with E-state index in [0.717, 1.165) is 5.56 Å². The van der Waals surface area contributed by atoms with E-state index >= 15 is 0 Å². The van der Waals surface area contributed by atoms with Crippen LogP contribution in [0.3, 0.4) is 0 Å². The quantitative estimate of drug-likeness (QED) is 0.584. The van der Waals surface area contributed by atoms with Crippen molar-refractivity contribution < 1.29 is 23.9 Å². The Morgan fingerprint density at radius 2 is 1.92 bits per heavy atom. The van der Waals surface area contributed by atoms with E-state index in [1.807, 2.05) is 30.3 Å². The Morgan fingerprint density at radius 1 is 1.19 bits per heavy atom. The molecule has 0 bridgehead atoms. The topological polar surface area (TPSA) is 84.9 Å². The van der Waals surface area contributed by atoms with E-state index in [1.165, 1.54) is 7.11 Å². The van der Waals surface area contributed by atoms with Crippen LogP contribution in [0.4, 0.5) is 0 Å². The van der Waals surface area contributed by atoms with Crippen molar-refractivity contribution in [1.82, 2.24) is 10.2 Å². The van der Waals surface area contributed by atoms with E-state index in [-0.39, 0.29) is 6.61 Å². The van der Waals surface area contributed by atoms with Gasteiger partial charge >= 0.3 is 11.9 Å². The van der Waals surface area contributed by atoms with Crippen molar-refractivity contribution in [3.63, 3.8) is 0 Å². The summed E-state index contributed by atoms with van der Waals surface area (Å²) in [5, 5.41) is 2.69. The van der Waals surface area contributed by atoms with Crippen molar-refractivity contribution in [2.45, 2.75) is 26.3 Å². The number of carbonyl (C=O) groups is 3. The molecule has 0 spiro atoms. The zero-order valence-electron chi connectivity index (χ0n) is 15.1. The lowest BCUT2D eigenvalue weighted by atomic mass is 10.0. The third-order valence-electron chi connectivity index (χ3n) is 4.02. The second kappa shape index (κ2) is 9.72. The first-order chi connectivity index (χ1) is 12.5. The number of methoxy groups -OCH3 is 1. The molecule has 26 heavy (non-hydrogen) atoms. The molecular formula is C19H24N2O5. The maximum absolute atomic E-state index is 12.2. The summed E-state index contributed by atoms with van der Waals surface area (Å²) in [6, 6.07) is 9.95. The van der Waals surface area contributed by atoms with E-state index in [4.69, 9.17) is 4.74 Å². The second-order valence-corrected chi connectivity index (χ2v) is 5.92. The molecule has 1 aliphatic heterocycles. The second-order valence-electron chi connectivity index (χ2n) is 5.92. The standard InChI is InChI=1S/C19H24N2O5/c1-3-26-19(24)15-9-10-21(12-14-7-5-4-6-8-14)13-16(15)20-17(22)11-18(23)25-2/h4-8H,3,9-13H2,1-2H3,(H,20,22). The van der Waals surface area contributed by atoms with Gasteiger partial charge in [-0.05, 0) is 18.9 Å². The number of nitrogens with one attached hydrogen (secondary N) is 1. The SMILES string of the molecule is CCOC(=O)C1=C(NC(=O)CC(=O)OC)CN(Cc2ccccc2)CC1. The summed E-state index contributed by atoms with van der Waals surface area (Å²) in [7, 11) is 1.22. The molecule has 1 aliphatic rings. The molecule has 0 saturated carbocycles. The fourth-order valence-electron chi connectivity index (χ4n) is 2.77. The lowest BCUT2D eigenvalue weighted by Gasteiger charge is -2.30. The number of hydrogen-bond acceptors (Lipinski definition) is 6. The predicted molar refractivity (Wildman–Crippen MR) is 94.8 cm³/mol. The zero-order chi connectivity index (χ0) is 18.9. The van der Waals surface area contributed by atoms with Crippen LogP contribution < -0.4 is 5.32 Å². The molecule has 1 aromatic carbocycles. The lowest BCUT2D eigenvalue weighted by Crippen LogP contribution is -2.40. The van der Waals surface area contributed by atoms with E-state index in [0.29, 0.717) is 37.3 Å². The Kier molecular flexibility index (Phi) is 7.35. The van der Waals surface area contributed by atoms with E-state index in [9.17, 15) is 14.4 Å². The average molecular weight is 360 g/mol. The summed E-state index contributed by atoms with van der Waals surface area (Å²) >= 11 is 0. The highest BCUT2D eigenvalue weighted by atomic mass is 16.5. The highest BCUT2D eigenvalue weighted by Crippen LogP contribution is 2.20. The summed E-state index contributed by atoms with van der Waals surface area (Å²) in [6.07, 6.45) is 0.0777. The summed E-state index contributed by atoms with van der Waals surface area (Å²) in [4.78, 5) is 37.7. The van der Waals surface area contributed by atoms with Gasteiger partial charge < -0.3 is 14.8 Å². The molecule has 0 saturated heterocycles. The molecule has 0 fully saturated rings. The molecule has 1 N–H and O–H groups in total. The highest BCUT2D eigenvalue weighted by Gasteiger charge is 2.26. The minimum Gasteiger partial charge on any atom is -0.469 e. The molecule has 140 valence electrons. The average Bonchev–Trinajstić information content (AvgIpc) is 2.62. The Labute approximate surface area is 153 Å². The first-order valence-electron chi connectivity index (χ1n) is 8.55. The fourth-order valence-corrected chi connectivity index (χ4v) is 2.77. The number of amides is 1. The number of esters is 2. The van der Waals surface area contributed by atoms with Gasteiger partial charge in [0, 0.05) is 25.3 Å². The van der Waals surface area contributed by atoms with Crippen LogP contribution in [-0.4, -0.2) is 49.6 Å². The first-order valence-corrected chi connectivity index (χ1v) is 8.55. The summed E-state index contributed by atoms with van der Waals surface area (Å²) < 4.78 is 9.60. The van der Waals surface area contributed by atoms with Gasteiger partial charge in [-0.1, -0.05) is 30.3 Å². The normalized spacial score (nSPS) is 14.7. The smallest absolute Gasteiger partial charge is 0.335 e. The Hall–Kier alpha value is -2.67. The fraction of sp³-hybridized carbons (Fsp3) is 0.421.